The van der Waals surface area contributed by atoms with Crippen LogP contribution in [-0.2, 0) is 5.11 Å². The van der Waals surface area contributed by atoms with E-state index in [0.29, 0.717) is 0 Å². The van der Waals surface area contributed by atoms with Crippen molar-refractivity contribution >= 4 is 0 Å². The molecule has 3 heteroatoms. The highest BCUT2D eigenvalue weighted by Crippen LogP contribution is 2.17. The third-order valence-electron chi connectivity index (χ3n) is 2.91. The molecule has 0 atom stereocenters. The monoisotopic (exact) mass is 169 g/mol. The first-order valence-corrected chi connectivity index (χ1v) is 5.02. The van der Waals surface area contributed by atoms with Crippen LogP contribution >= 0.6 is 0 Å². The SMILES string of the molecule is [O]C(N1CCCC1)N1CCCC1. The molecule has 0 saturated carbocycles. The minimum atomic E-state index is -0.532. The smallest absolute Gasteiger partial charge is 0.202 e. The van der Waals surface area contributed by atoms with Crippen molar-refractivity contribution in [2.45, 2.75) is 32.0 Å². The summed E-state index contributed by atoms with van der Waals surface area (Å²) in [5.41, 5.74) is 0. The van der Waals surface area contributed by atoms with Crippen molar-refractivity contribution in [3.05, 3.63) is 0 Å². The van der Waals surface area contributed by atoms with Gasteiger partial charge in [-0.2, -0.15) is 5.11 Å². The maximum absolute atomic E-state index is 11.8. The van der Waals surface area contributed by atoms with Gasteiger partial charge in [-0.15, -0.1) is 0 Å². The van der Waals surface area contributed by atoms with Gasteiger partial charge in [-0.3, -0.25) is 9.80 Å². The fourth-order valence-electron chi connectivity index (χ4n) is 2.16. The highest BCUT2D eigenvalue weighted by molar-refractivity contribution is 4.73. The molecule has 0 aliphatic carbocycles. The Morgan fingerprint density at radius 1 is 0.750 bits per heavy atom. The lowest BCUT2D eigenvalue weighted by Gasteiger charge is -2.28. The molecule has 12 heavy (non-hydrogen) atoms. The Morgan fingerprint density at radius 3 is 1.42 bits per heavy atom. The van der Waals surface area contributed by atoms with E-state index in [1.54, 1.807) is 0 Å². The van der Waals surface area contributed by atoms with Gasteiger partial charge in [0, 0.05) is 26.2 Å². The Morgan fingerprint density at radius 2 is 1.08 bits per heavy atom. The second-order valence-electron chi connectivity index (χ2n) is 3.81. The summed E-state index contributed by atoms with van der Waals surface area (Å²) >= 11 is 0. The Balaban J connectivity index is 1.84. The van der Waals surface area contributed by atoms with Gasteiger partial charge in [-0.25, -0.2) is 0 Å². The second kappa shape index (κ2) is 3.73. The maximum Gasteiger partial charge on any atom is 0.202 e. The Kier molecular flexibility index (Phi) is 2.63. The lowest BCUT2D eigenvalue weighted by Crippen LogP contribution is -2.44. The summed E-state index contributed by atoms with van der Waals surface area (Å²) in [7, 11) is 0. The summed E-state index contributed by atoms with van der Waals surface area (Å²) in [5, 5.41) is 11.8. The zero-order chi connectivity index (χ0) is 8.39. The van der Waals surface area contributed by atoms with Crippen molar-refractivity contribution in [1.82, 2.24) is 9.80 Å². The number of hydrogen-bond donors (Lipinski definition) is 0. The van der Waals surface area contributed by atoms with Gasteiger partial charge >= 0.3 is 0 Å². The van der Waals surface area contributed by atoms with Gasteiger partial charge in [0.1, 0.15) is 0 Å². The van der Waals surface area contributed by atoms with Crippen molar-refractivity contribution in [2.24, 2.45) is 0 Å². The van der Waals surface area contributed by atoms with E-state index in [4.69, 9.17) is 0 Å². The molecule has 0 aromatic heterocycles. The standard InChI is InChI=1S/C9H17N2O/c12-9(10-5-1-2-6-10)11-7-3-4-8-11/h9H,1-8H2. The highest BCUT2D eigenvalue weighted by Gasteiger charge is 2.28. The van der Waals surface area contributed by atoms with Crippen LogP contribution in [0.3, 0.4) is 0 Å². The lowest BCUT2D eigenvalue weighted by atomic mass is 10.4. The fourth-order valence-corrected chi connectivity index (χ4v) is 2.16. The molecule has 0 spiro atoms. The van der Waals surface area contributed by atoms with Crippen LogP contribution in [0.25, 0.3) is 0 Å². The van der Waals surface area contributed by atoms with E-state index in [1.165, 1.54) is 25.7 Å². The number of hydrogen-bond acceptors (Lipinski definition) is 2. The van der Waals surface area contributed by atoms with E-state index in [0.717, 1.165) is 26.2 Å². The molecule has 0 N–H and O–H groups in total. The topological polar surface area (TPSA) is 26.4 Å². The van der Waals surface area contributed by atoms with Crippen molar-refractivity contribution in [2.75, 3.05) is 26.2 Å². The predicted molar refractivity (Wildman–Crippen MR) is 46.1 cm³/mol. The molecule has 2 heterocycles. The third-order valence-corrected chi connectivity index (χ3v) is 2.91. The van der Waals surface area contributed by atoms with Gasteiger partial charge in [0.25, 0.3) is 0 Å². The Bertz CT molecular complexity index is 123. The summed E-state index contributed by atoms with van der Waals surface area (Å²) < 4.78 is 0. The minimum absolute atomic E-state index is 0.532. The fraction of sp³-hybridized carbons (Fsp3) is 1.00. The average molecular weight is 169 g/mol. The molecular formula is C9H17N2O. The lowest BCUT2D eigenvalue weighted by molar-refractivity contribution is -0.135. The molecule has 0 aromatic rings. The Hall–Kier alpha value is -0.120. The van der Waals surface area contributed by atoms with E-state index in [1.807, 2.05) is 0 Å². The predicted octanol–water partition coefficient (Wildman–Crippen LogP) is 0.892. The van der Waals surface area contributed by atoms with Crippen molar-refractivity contribution in [3.63, 3.8) is 0 Å². The average Bonchev–Trinajstić information content (AvgIpc) is 2.77. The van der Waals surface area contributed by atoms with Gasteiger partial charge < -0.3 is 0 Å². The first-order chi connectivity index (χ1) is 5.88. The summed E-state index contributed by atoms with van der Waals surface area (Å²) in [6.07, 6.45) is 4.33. The van der Waals surface area contributed by atoms with Gasteiger partial charge in [0.2, 0.25) is 6.35 Å². The number of rotatable bonds is 2. The molecule has 2 saturated heterocycles. The van der Waals surface area contributed by atoms with Crippen LogP contribution in [0.4, 0.5) is 0 Å². The third kappa shape index (κ3) is 1.63. The van der Waals surface area contributed by atoms with Crippen LogP contribution in [0.15, 0.2) is 0 Å². The maximum atomic E-state index is 11.8. The Labute approximate surface area is 74.0 Å². The van der Waals surface area contributed by atoms with Crippen molar-refractivity contribution in [1.29, 1.82) is 0 Å². The summed E-state index contributed by atoms with van der Waals surface area (Å²) in [4.78, 5) is 4.15. The van der Waals surface area contributed by atoms with Crippen molar-refractivity contribution in [3.8, 4) is 0 Å². The van der Waals surface area contributed by atoms with Crippen LogP contribution in [0.1, 0.15) is 25.7 Å². The molecule has 0 unspecified atom stereocenters. The second-order valence-corrected chi connectivity index (χ2v) is 3.81. The van der Waals surface area contributed by atoms with Crippen molar-refractivity contribution < 1.29 is 5.11 Å². The van der Waals surface area contributed by atoms with E-state index in [-0.39, 0.29) is 0 Å². The first kappa shape index (κ1) is 8.48. The minimum Gasteiger partial charge on any atom is -0.263 e. The number of likely N-dealkylation sites (tertiary alicyclic amines) is 2. The molecule has 69 valence electrons. The molecular weight excluding hydrogens is 152 g/mol. The van der Waals surface area contributed by atoms with E-state index in [2.05, 4.69) is 9.80 Å². The van der Waals surface area contributed by atoms with Gasteiger partial charge in [-0.05, 0) is 25.7 Å². The van der Waals surface area contributed by atoms with E-state index in [9.17, 15) is 5.11 Å². The molecule has 3 nitrogen and oxygen atoms in total. The molecule has 0 bridgehead atoms. The summed E-state index contributed by atoms with van der Waals surface area (Å²) in [6, 6.07) is 0. The molecule has 0 amide bonds. The largest absolute Gasteiger partial charge is 0.263 e. The van der Waals surface area contributed by atoms with Gasteiger partial charge in [-0.1, -0.05) is 0 Å². The van der Waals surface area contributed by atoms with Gasteiger partial charge in [0.05, 0.1) is 0 Å². The summed E-state index contributed by atoms with van der Waals surface area (Å²) in [6.45, 7) is 4.07. The molecule has 2 rings (SSSR count). The highest BCUT2D eigenvalue weighted by atomic mass is 16.3. The first-order valence-electron chi connectivity index (χ1n) is 5.02. The zero-order valence-electron chi connectivity index (χ0n) is 7.54. The van der Waals surface area contributed by atoms with Crippen LogP contribution in [-0.4, -0.2) is 42.3 Å². The normalized spacial score (nSPS) is 27.5. The molecule has 2 fully saturated rings. The van der Waals surface area contributed by atoms with Gasteiger partial charge in [0.15, 0.2) is 0 Å². The van der Waals surface area contributed by atoms with Crippen LogP contribution in [0.2, 0.25) is 0 Å². The van der Waals surface area contributed by atoms with E-state index >= 15 is 0 Å². The van der Waals surface area contributed by atoms with Crippen LogP contribution in [0, 0.1) is 0 Å². The van der Waals surface area contributed by atoms with E-state index < -0.39 is 6.35 Å². The van der Waals surface area contributed by atoms with Crippen LogP contribution in [0.5, 0.6) is 0 Å². The summed E-state index contributed by atoms with van der Waals surface area (Å²) in [5.74, 6) is 0. The molecule has 2 aliphatic heterocycles. The quantitative estimate of drug-likeness (QED) is 0.613. The molecule has 1 radical (unpaired) electrons. The number of nitrogens with zero attached hydrogens (tertiary/aromatic N) is 2. The molecule has 0 aromatic carbocycles. The van der Waals surface area contributed by atoms with Crippen LogP contribution < -0.4 is 0 Å². The molecule has 2 aliphatic rings. The zero-order valence-corrected chi connectivity index (χ0v) is 7.54.